The molecular weight excluding hydrogens is 188 g/mol. The minimum absolute atomic E-state index is 0.00125. The molecular formula is C12H18N2O. The number of carbonyl (C=O) groups is 1. The number of hydrogen-bond acceptors (Lipinski definition) is 2. The van der Waals surface area contributed by atoms with Gasteiger partial charge in [-0.15, -0.1) is 0 Å². The van der Waals surface area contributed by atoms with Crippen molar-refractivity contribution in [1.82, 2.24) is 4.90 Å². The standard InChI is InChI=1S/C12H18N2O/c1-3-14(2)12(15)11(13)9-10-7-5-4-6-8-10/h4-8,11H,3,9,13H2,1-2H3. The molecule has 0 aliphatic rings. The molecule has 1 atom stereocenters. The summed E-state index contributed by atoms with van der Waals surface area (Å²) in [6.45, 7) is 2.63. The maximum Gasteiger partial charge on any atom is 0.239 e. The fourth-order valence-corrected chi connectivity index (χ4v) is 1.39. The van der Waals surface area contributed by atoms with Gasteiger partial charge in [0.15, 0.2) is 0 Å². The molecule has 1 aromatic rings. The molecule has 0 saturated heterocycles. The van der Waals surface area contributed by atoms with Crippen LogP contribution < -0.4 is 5.73 Å². The molecule has 0 heterocycles. The molecule has 0 spiro atoms. The summed E-state index contributed by atoms with van der Waals surface area (Å²) in [4.78, 5) is 13.3. The molecule has 1 rings (SSSR count). The smallest absolute Gasteiger partial charge is 0.239 e. The maximum absolute atomic E-state index is 11.7. The lowest BCUT2D eigenvalue weighted by Gasteiger charge is -2.19. The molecule has 15 heavy (non-hydrogen) atoms. The lowest BCUT2D eigenvalue weighted by atomic mass is 10.1. The first-order chi connectivity index (χ1) is 7.15. The first kappa shape index (κ1) is 11.7. The number of nitrogens with zero attached hydrogens (tertiary/aromatic N) is 1. The van der Waals surface area contributed by atoms with Gasteiger partial charge in [0.2, 0.25) is 5.91 Å². The molecule has 0 aliphatic carbocycles. The van der Waals surface area contributed by atoms with Gasteiger partial charge in [0, 0.05) is 13.6 Å². The van der Waals surface area contributed by atoms with Gasteiger partial charge in [-0.3, -0.25) is 4.79 Å². The zero-order valence-corrected chi connectivity index (χ0v) is 9.31. The van der Waals surface area contributed by atoms with Crippen LogP contribution in [-0.4, -0.2) is 30.4 Å². The Kier molecular flexibility index (Phi) is 4.31. The van der Waals surface area contributed by atoms with Gasteiger partial charge in [-0.25, -0.2) is 0 Å². The lowest BCUT2D eigenvalue weighted by Crippen LogP contribution is -2.42. The molecule has 82 valence electrons. The third-order valence-electron chi connectivity index (χ3n) is 2.47. The van der Waals surface area contributed by atoms with Crippen molar-refractivity contribution in [2.75, 3.05) is 13.6 Å². The topological polar surface area (TPSA) is 46.3 Å². The van der Waals surface area contributed by atoms with Crippen molar-refractivity contribution in [3.8, 4) is 0 Å². The molecule has 1 aromatic carbocycles. The molecule has 1 unspecified atom stereocenters. The normalized spacial score (nSPS) is 12.2. The van der Waals surface area contributed by atoms with Crippen LogP contribution in [0.1, 0.15) is 12.5 Å². The van der Waals surface area contributed by atoms with Gasteiger partial charge >= 0.3 is 0 Å². The molecule has 2 N–H and O–H groups in total. The fourth-order valence-electron chi connectivity index (χ4n) is 1.39. The van der Waals surface area contributed by atoms with E-state index >= 15 is 0 Å². The number of carbonyl (C=O) groups excluding carboxylic acids is 1. The van der Waals surface area contributed by atoms with Crippen molar-refractivity contribution >= 4 is 5.91 Å². The van der Waals surface area contributed by atoms with E-state index in [9.17, 15) is 4.79 Å². The van der Waals surface area contributed by atoms with Gasteiger partial charge in [-0.2, -0.15) is 0 Å². The van der Waals surface area contributed by atoms with Crippen LogP contribution in [-0.2, 0) is 11.2 Å². The SMILES string of the molecule is CCN(C)C(=O)C(N)Cc1ccccc1. The van der Waals surface area contributed by atoms with Gasteiger partial charge < -0.3 is 10.6 Å². The quantitative estimate of drug-likeness (QED) is 0.800. The van der Waals surface area contributed by atoms with E-state index in [0.717, 1.165) is 5.56 Å². The summed E-state index contributed by atoms with van der Waals surface area (Å²) in [7, 11) is 1.77. The number of rotatable bonds is 4. The summed E-state index contributed by atoms with van der Waals surface area (Å²) in [6.07, 6.45) is 0.601. The molecule has 0 fully saturated rings. The van der Waals surface area contributed by atoms with E-state index in [0.29, 0.717) is 13.0 Å². The van der Waals surface area contributed by atoms with Crippen LogP contribution in [0.4, 0.5) is 0 Å². The zero-order chi connectivity index (χ0) is 11.3. The summed E-state index contributed by atoms with van der Waals surface area (Å²) in [5.41, 5.74) is 6.93. The monoisotopic (exact) mass is 206 g/mol. The molecule has 3 heteroatoms. The summed E-state index contributed by atoms with van der Waals surface area (Å²) in [5.74, 6) is 0.00125. The number of hydrogen-bond donors (Lipinski definition) is 1. The van der Waals surface area contributed by atoms with Crippen molar-refractivity contribution in [2.24, 2.45) is 5.73 Å². The van der Waals surface area contributed by atoms with Crippen LogP contribution in [0.15, 0.2) is 30.3 Å². The second kappa shape index (κ2) is 5.51. The van der Waals surface area contributed by atoms with Gasteiger partial charge in [-0.1, -0.05) is 30.3 Å². The van der Waals surface area contributed by atoms with Crippen LogP contribution >= 0.6 is 0 Å². The highest BCUT2D eigenvalue weighted by Gasteiger charge is 2.16. The van der Waals surface area contributed by atoms with E-state index in [1.807, 2.05) is 37.3 Å². The molecule has 3 nitrogen and oxygen atoms in total. The summed E-state index contributed by atoms with van der Waals surface area (Å²) in [6, 6.07) is 9.40. The number of likely N-dealkylation sites (N-methyl/N-ethyl adjacent to an activating group) is 1. The fraction of sp³-hybridized carbons (Fsp3) is 0.417. The highest BCUT2D eigenvalue weighted by atomic mass is 16.2. The van der Waals surface area contributed by atoms with E-state index in [-0.39, 0.29) is 5.91 Å². The van der Waals surface area contributed by atoms with Crippen LogP contribution in [0, 0.1) is 0 Å². The van der Waals surface area contributed by atoms with Crippen LogP contribution in [0.25, 0.3) is 0 Å². The summed E-state index contributed by atoms with van der Waals surface area (Å²) < 4.78 is 0. The highest BCUT2D eigenvalue weighted by Crippen LogP contribution is 2.03. The van der Waals surface area contributed by atoms with Gasteiger partial charge in [0.05, 0.1) is 6.04 Å². The minimum atomic E-state index is -0.433. The Morgan fingerprint density at radius 1 is 1.40 bits per heavy atom. The maximum atomic E-state index is 11.7. The molecule has 1 amide bonds. The van der Waals surface area contributed by atoms with Crippen molar-refractivity contribution < 1.29 is 4.79 Å². The van der Waals surface area contributed by atoms with Gasteiger partial charge in [0.1, 0.15) is 0 Å². The van der Waals surface area contributed by atoms with Crippen molar-refractivity contribution in [3.05, 3.63) is 35.9 Å². The summed E-state index contributed by atoms with van der Waals surface area (Å²) >= 11 is 0. The Morgan fingerprint density at radius 3 is 2.53 bits per heavy atom. The highest BCUT2D eigenvalue weighted by molar-refractivity contribution is 5.81. The zero-order valence-electron chi connectivity index (χ0n) is 9.31. The van der Waals surface area contributed by atoms with E-state index < -0.39 is 6.04 Å². The Balaban J connectivity index is 2.56. The lowest BCUT2D eigenvalue weighted by molar-refractivity contribution is -0.131. The van der Waals surface area contributed by atoms with Crippen LogP contribution in [0.3, 0.4) is 0 Å². The van der Waals surface area contributed by atoms with E-state index in [2.05, 4.69) is 0 Å². The third kappa shape index (κ3) is 3.36. The second-order valence-electron chi connectivity index (χ2n) is 3.65. The number of amides is 1. The minimum Gasteiger partial charge on any atom is -0.345 e. The van der Waals surface area contributed by atoms with E-state index in [1.165, 1.54) is 0 Å². The van der Waals surface area contributed by atoms with Crippen molar-refractivity contribution in [3.63, 3.8) is 0 Å². The largest absolute Gasteiger partial charge is 0.345 e. The van der Waals surface area contributed by atoms with Crippen molar-refractivity contribution in [1.29, 1.82) is 0 Å². The molecule has 0 aromatic heterocycles. The summed E-state index contributed by atoms with van der Waals surface area (Å²) in [5, 5.41) is 0. The Bertz CT molecular complexity index is 311. The molecule has 0 aliphatic heterocycles. The first-order valence-electron chi connectivity index (χ1n) is 5.19. The van der Waals surface area contributed by atoms with Crippen LogP contribution in [0.2, 0.25) is 0 Å². The Labute approximate surface area is 90.9 Å². The predicted molar refractivity (Wildman–Crippen MR) is 61.4 cm³/mol. The van der Waals surface area contributed by atoms with Crippen molar-refractivity contribution in [2.45, 2.75) is 19.4 Å². The second-order valence-corrected chi connectivity index (χ2v) is 3.65. The molecule has 0 bridgehead atoms. The average Bonchev–Trinajstić information content (AvgIpc) is 2.28. The molecule has 0 saturated carbocycles. The van der Waals surface area contributed by atoms with E-state index in [1.54, 1.807) is 11.9 Å². The third-order valence-corrected chi connectivity index (χ3v) is 2.47. The average molecular weight is 206 g/mol. The number of nitrogens with two attached hydrogens (primary N) is 1. The Morgan fingerprint density at radius 2 is 2.00 bits per heavy atom. The Hall–Kier alpha value is -1.35. The number of benzene rings is 1. The molecule has 0 radical (unpaired) electrons. The van der Waals surface area contributed by atoms with Gasteiger partial charge in [-0.05, 0) is 18.9 Å². The van der Waals surface area contributed by atoms with E-state index in [4.69, 9.17) is 5.73 Å². The van der Waals surface area contributed by atoms with Gasteiger partial charge in [0.25, 0.3) is 0 Å². The first-order valence-corrected chi connectivity index (χ1v) is 5.19. The van der Waals surface area contributed by atoms with Crippen LogP contribution in [0.5, 0.6) is 0 Å². The predicted octanol–water partition coefficient (Wildman–Crippen LogP) is 1.03.